The average Bonchev–Trinajstić information content (AvgIpc) is 2.64. The van der Waals surface area contributed by atoms with Crippen LogP contribution in [0, 0.1) is 0 Å². The first-order chi connectivity index (χ1) is 6.70. The minimum absolute atomic E-state index is 0.00489. The molecule has 1 aromatic heterocycles. The third kappa shape index (κ3) is 2.14. The van der Waals surface area contributed by atoms with Gasteiger partial charge in [0.05, 0.1) is 6.61 Å². The predicted octanol–water partition coefficient (Wildman–Crippen LogP) is 0.572. The first-order valence-electron chi connectivity index (χ1n) is 4.72. The molecule has 0 atom stereocenters. The number of carbonyl (C=O) groups is 1. The zero-order valence-corrected chi connectivity index (χ0v) is 8.60. The molecular weight excluding hydrogens is 180 g/mol. The van der Waals surface area contributed by atoms with E-state index in [2.05, 4.69) is 0 Å². The highest BCUT2D eigenvalue weighted by Crippen LogP contribution is 2.05. The monoisotopic (exact) mass is 196 g/mol. The molecule has 0 radical (unpaired) electrons. The third-order valence-electron chi connectivity index (χ3n) is 2.17. The highest BCUT2D eigenvalue weighted by atomic mass is 16.3. The molecule has 0 saturated heterocycles. The molecular formula is C10H16N2O2. The van der Waals surface area contributed by atoms with Gasteiger partial charge in [-0.15, -0.1) is 0 Å². The summed E-state index contributed by atoms with van der Waals surface area (Å²) in [6, 6.07) is 3.64. The minimum Gasteiger partial charge on any atom is -0.395 e. The summed E-state index contributed by atoms with van der Waals surface area (Å²) in [4.78, 5) is 13.3. The Morgan fingerprint density at radius 3 is 2.93 bits per heavy atom. The van der Waals surface area contributed by atoms with Crippen molar-refractivity contribution in [1.82, 2.24) is 9.47 Å². The van der Waals surface area contributed by atoms with Crippen LogP contribution < -0.4 is 0 Å². The second-order valence-corrected chi connectivity index (χ2v) is 3.13. The molecule has 1 rings (SSSR count). The van der Waals surface area contributed by atoms with Crippen molar-refractivity contribution in [3.63, 3.8) is 0 Å². The number of likely N-dealkylation sites (N-methyl/N-ethyl adjacent to an activating group) is 1. The second-order valence-electron chi connectivity index (χ2n) is 3.13. The Kier molecular flexibility index (Phi) is 3.71. The van der Waals surface area contributed by atoms with Crippen LogP contribution in [0.5, 0.6) is 0 Å². The molecule has 14 heavy (non-hydrogen) atoms. The van der Waals surface area contributed by atoms with Gasteiger partial charge in [-0.3, -0.25) is 4.79 Å². The Hall–Kier alpha value is -1.29. The van der Waals surface area contributed by atoms with Gasteiger partial charge in [0.2, 0.25) is 0 Å². The van der Waals surface area contributed by atoms with Crippen LogP contribution >= 0.6 is 0 Å². The van der Waals surface area contributed by atoms with Gasteiger partial charge in [-0.2, -0.15) is 0 Å². The first-order valence-corrected chi connectivity index (χ1v) is 4.72. The fourth-order valence-electron chi connectivity index (χ4n) is 1.33. The summed E-state index contributed by atoms with van der Waals surface area (Å²) in [5, 5.41) is 8.71. The van der Waals surface area contributed by atoms with E-state index in [0.717, 1.165) is 6.54 Å². The largest absolute Gasteiger partial charge is 0.395 e. The molecule has 0 fully saturated rings. The number of nitrogens with zero attached hydrogens (tertiary/aromatic N) is 2. The minimum atomic E-state index is -0.0501. The summed E-state index contributed by atoms with van der Waals surface area (Å²) in [5.41, 5.74) is 0.670. The number of rotatable bonds is 4. The lowest BCUT2D eigenvalue weighted by molar-refractivity contribution is 0.0756. The smallest absolute Gasteiger partial charge is 0.270 e. The number of carbonyl (C=O) groups excluding carboxylic acids is 1. The van der Waals surface area contributed by atoms with Crippen molar-refractivity contribution in [1.29, 1.82) is 0 Å². The van der Waals surface area contributed by atoms with Crippen molar-refractivity contribution in [2.75, 3.05) is 20.2 Å². The van der Waals surface area contributed by atoms with Gasteiger partial charge in [0, 0.05) is 26.3 Å². The molecule has 0 unspecified atom stereocenters. The zero-order chi connectivity index (χ0) is 10.6. The van der Waals surface area contributed by atoms with E-state index in [-0.39, 0.29) is 12.5 Å². The number of hydrogen-bond donors (Lipinski definition) is 1. The first kappa shape index (κ1) is 10.8. The Bertz CT molecular complexity index is 307. The lowest BCUT2D eigenvalue weighted by atomic mass is 10.3. The van der Waals surface area contributed by atoms with E-state index in [1.165, 1.54) is 4.90 Å². The predicted molar refractivity (Wildman–Crippen MR) is 54.2 cm³/mol. The Morgan fingerprint density at radius 2 is 2.36 bits per heavy atom. The molecule has 0 aliphatic heterocycles. The summed E-state index contributed by atoms with van der Waals surface area (Å²) in [5.74, 6) is -0.0501. The number of aliphatic hydroxyl groups is 1. The molecule has 1 amide bonds. The van der Waals surface area contributed by atoms with E-state index in [0.29, 0.717) is 12.2 Å². The second kappa shape index (κ2) is 4.81. The van der Waals surface area contributed by atoms with Crippen LogP contribution in [-0.2, 0) is 6.54 Å². The van der Waals surface area contributed by atoms with Gasteiger partial charge in [-0.1, -0.05) is 0 Å². The van der Waals surface area contributed by atoms with Crippen LogP contribution in [0.3, 0.4) is 0 Å². The molecule has 0 aromatic carbocycles. The third-order valence-corrected chi connectivity index (χ3v) is 2.17. The van der Waals surface area contributed by atoms with Gasteiger partial charge >= 0.3 is 0 Å². The highest BCUT2D eigenvalue weighted by molar-refractivity contribution is 5.92. The number of aliphatic hydroxyl groups excluding tert-OH is 1. The summed E-state index contributed by atoms with van der Waals surface area (Å²) in [6.45, 7) is 3.13. The number of hydrogen-bond acceptors (Lipinski definition) is 2. The molecule has 4 nitrogen and oxygen atoms in total. The van der Waals surface area contributed by atoms with Crippen molar-refractivity contribution in [3.05, 3.63) is 24.0 Å². The van der Waals surface area contributed by atoms with Gasteiger partial charge in [0.15, 0.2) is 0 Å². The standard InChI is InChI=1S/C10H16N2O2/c1-3-12-6-4-5-9(12)10(14)11(2)7-8-13/h4-6,13H,3,7-8H2,1-2H3. The molecule has 0 aliphatic rings. The molecule has 1 aromatic rings. The molecule has 1 heterocycles. The Morgan fingerprint density at radius 1 is 1.64 bits per heavy atom. The maximum Gasteiger partial charge on any atom is 0.270 e. The fraction of sp³-hybridized carbons (Fsp3) is 0.500. The van der Waals surface area contributed by atoms with E-state index >= 15 is 0 Å². The van der Waals surface area contributed by atoms with Crippen LogP contribution in [0.15, 0.2) is 18.3 Å². The van der Waals surface area contributed by atoms with E-state index in [9.17, 15) is 4.79 Å². The number of aryl methyl sites for hydroxylation is 1. The molecule has 78 valence electrons. The van der Waals surface area contributed by atoms with E-state index < -0.39 is 0 Å². The summed E-state index contributed by atoms with van der Waals surface area (Å²) in [6.07, 6.45) is 1.88. The van der Waals surface area contributed by atoms with E-state index in [1.807, 2.05) is 23.8 Å². The SMILES string of the molecule is CCn1cccc1C(=O)N(C)CCO. The zero-order valence-electron chi connectivity index (χ0n) is 8.60. The van der Waals surface area contributed by atoms with Crippen molar-refractivity contribution in [3.8, 4) is 0 Å². The maximum atomic E-state index is 11.8. The molecule has 0 spiro atoms. The van der Waals surface area contributed by atoms with Crippen LogP contribution in [0.1, 0.15) is 17.4 Å². The molecule has 0 aliphatic carbocycles. The molecule has 1 N–H and O–H groups in total. The molecule has 0 bridgehead atoms. The number of aromatic nitrogens is 1. The van der Waals surface area contributed by atoms with Crippen LogP contribution in [0.25, 0.3) is 0 Å². The van der Waals surface area contributed by atoms with Gasteiger partial charge in [-0.05, 0) is 19.1 Å². The van der Waals surface area contributed by atoms with Crippen LogP contribution in [0.4, 0.5) is 0 Å². The summed E-state index contributed by atoms with van der Waals surface area (Å²) in [7, 11) is 1.69. The lowest BCUT2D eigenvalue weighted by Crippen LogP contribution is -2.31. The lowest BCUT2D eigenvalue weighted by Gasteiger charge is -2.16. The average molecular weight is 196 g/mol. The van der Waals surface area contributed by atoms with Crippen LogP contribution in [-0.4, -0.2) is 40.7 Å². The van der Waals surface area contributed by atoms with Crippen molar-refractivity contribution >= 4 is 5.91 Å². The van der Waals surface area contributed by atoms with Gasteiger partial charge in [0.25, 0.3) is 5.91 Å². The molecule has 0 saturated carbocycles. The Balaban J connectivity index is 2.78. The summed E-state index contributed by atoms with van der Waals surface area (Å²) >= 11 is 0. The van der Waals surface area contributed by atoms with Gasteiger partial charge in [-0.25, -0.2) is 0 Å². The van der Waals surface area contributed by atoms with Crippen molar-refractivity contribution in [2.45, 2.75) is 13.5 Å². The quantitative estimate of drug-likeness (QED) is 0.765. The fourth-order valence-corrected chi connectivity index (χ4v) is 1.33. The topological polar surface area (TPSA) is 45.5 Å². The highest BCUT2D eigenvalue weighted by Gasteiger charge is 2.13. The molecule has 4 heteroatoms. The van der Waals surface area contributed by atoms with Gasteiger partial charge < -0.3 is 14.6 Å². The summed E-state index contributed by atoms with van der Waals surface area (Å²) < 4.78 is 1.89. The maximum absolute atomic E-state index is 11.8. The van der Waals surface area contributed by atoms with E-state index in [1.54, 1.807) is 13.1 Å². The van der Waals surface area contributed by atoms with Gasteiger partial charge in [0.1, 0.15) is 5.69 Å². The van der Waals surface area contributed by atoms with Crippen LogP contribution in [0.2, 0.25) is 0 Å². The normalized spacial score (nSPS) is 10.2. The van der Waals surface area contributed by atoms with Crippen molar-refractivity contribution < 1.29 is 9.90 Å². The Labute approximate surface area is 83.8 Å². The van der Waals surface area contributed by atoms with E-state index in [4.69, 9.17) is 5.11 Å². The van der Waals surface area contributed by atoms with Crippen molar-refractivity contribution in [2.24, 2.45) is 0 Å². The number of amides is 1.